The van der Waals surface area contributed by atoms with Gasteiger partial charge in [0, 0.05) is 28.4 Å². The van der Waals surface area contributed by atoms with Crippen LogP contribution in [0.25, 0.3) is 27.8 Å². The number of fused-ring (bicyclic) bond motifs is 1. The van der Waals surface area contributed by atoms with Crippen LogP contribution in [0.3, 0.4) is 0 Å². The summed E-state index contributed by atoms with van der Waals surface area (Å²) in [7, 11) is 0. The average Bonchev–Trinajstić information content (AvgIpc) is 2.82. The fourth-order valence-corrected chi connectivity index (χ4v) is 3.90. The summed E-state index contributed by atoms with van der Waals surface area (Å²) in [6.07, 6.45) is 9.21. The van der Waals surface area contributed by atoms with Crippen molar-refractivity contribution in [1.29, 1.82) is 0 Å². The SMILES string of the molecule is CC1C=CC(Nc2cc(=O)c3cc(-c4ccccc4)ncc3n2-c2ccccc2)=CC1. The number of nitrogens with one attached hydrogen (secondary N) is 1. The molecule has 0 amide bonds. The van der Waals surface area contributed by atoms with Crippen LogP contribution >= 0.6 is 0 Å². The van der Waals surface area contributed by atoms with E-state index in [1.54, 1.807) is 12.3 Å². The molecule has 1 atom stereocenters. The maximum absolute atomic E-state index is 13.1. The van der Waals surface area contributed by atoms with Gasteiger partial charge in [0.2, 0.25) is 0 Å². The van der Waals surface area contributed by atoms with Crippen molar-refractivity contribution in [1.82, 2.24) is 9.55 Å². The van der Waals surface area contributed by atoms with Gasteiger partial charge in [-0.25, -0.2) is 0 Å². The van der Waals surface area contributed by atoms with Gasteiger partial charge in [-0.3, -0.25) is 14.3 Å². The zero-order valence-corrected chi connectivity index (χ0v) is 17.3. The molecular formula is C27H23N3O. The number of hydrogen-bond donors (Lipinski definition) is 1. The molecule has 2 aromatic carbocycles. The molecule has 0 aliphatic heterocycles. The Balaban J connectivity index is 1.70. The van der Waals surface area contributed by atoms with Crippen LogP contribution in [-0.4, -0.2) is 9.55 Å². The van der Waals surface area contributed by atoms with Gasteiger partial charge in [0.1, 0.15) is 5.82 Å². The standard InChI is InChI=1S/C27H23N3O/c1-19-12-14-21(15-13-19)29-27-17-26(31)23-16-24(20-8-4-2-5-9-20)28-18-25(23)30(27)22-10-6-3-7-11-22/h2-12,14-19,29H,13H2,1H3. The van der Waals surface area contributed by atoms with E-state index >= 15 is 0 Å². The number of aromatic nitrogens is 2. The number of rotatable bonds is 4. The van der Waals surface area contributed by atoms with Gasteiger partial charge in [0.25, 0.3) is 0 Å². The summed E-state index contributed by atoms with van der Waals surface area (Å²) >= 11 is 0. The summed E-state index contributed by atoms with van der Waals surface area (Å²) in [5.74, 6) is 1.25. The molecule has 4 heteroatoms. The minimum atomic E-state index is -0.0296. The second kappa shape index (κ2) is 8.07. The highest BCUT2D eigenvalue weighted by Gasteiger charge is 2.14. The molecule has 2 heterocycles. The lowest BCUT2D eigenvalue weighted by molar-refractivity contribution is 0.731. The molecule has 0 fully saturated rings. The summed E-state index contributed by atoms with van der Waals surface area (Å²) < 4.78 is 2.06. The Morgan fingerprint density at radius 1 is 1.00 bits per heavy atom. The number of nitrogens with zero attached hydrogens (tertiary/aromatic N) is 2. The van der Waals surface area contributed by atoms with Crippen LogP contribution in [-0.2, 0) is 0 Å². The van der Waals surface area contributed by atoms with E-state index in [9.17, 15) is 4.79 Å². The molecule has 4 nitrogen and oxygen atoms in total. The van der Waals surface area contributed by atoms with Crippen molar-refractivity contribution in [3.8, 4) is 16.9 Å². The van der Waals surface area contributed by atoms with Crippen molar-refractivity contribution >= 4 is 16.7 Å². The predicted molar refractivity (Wildman–Crippen MR) is 127 cm³/mol. The molecule has 31 heavy (non-hydrogen) atoms. The number of pyridine rings is 2. The topological polar surface area (TPSA) is 46.9 Å². The lowest BCUT2D eigenvalue weighted by atomic mass is 10.0. The van der Waals surface area contributed by atoms with E-state index in [1.165, 1.54) is 0 Å². The van der Waals surface area contributed by atoms with Crippen LogP contribution in [0.2, 0.25) is 0 Å². The van der Waals surface area contributed by atoms with Gasteiger partial charge in [-0.05, 0) is 36.6 Å². The first kappa shape index (κ1) is 19.1. The Hall–Kier alpha value is -3.92. The summed E-state index contributed by atoms with van der Waals surface area (Å²) in [6, 6.07) is 23.5. The number of para-hydroxylation sites is 1. The number of benzene rings is 2. The first-order chi connectivity index (χ1) is 15.2. The lowest BCUT2D eigenvalue weighted by Crippen LogP contribution is -2.15. The first-order valence-electron chi connectivity index (χ1n) is 10.5. The van der Waals surface area contributed by atoms with Gasteiger partial charge < -0.3 is 5.32 Å². The normalized spacial score (nSPS) is 15.6. The Morgan fingerprint density at radius 2 is 1.74 bits per heavy atom. The maximum Gasteiger partial charge on any atom is 0.191 e. The largest absolute Gasteiger partial charge is 0.342 e. The molecule has 1 N–H and O–H groups in total. The van der Waals surface area contributed by atoms with E-state index in [-0.39, 0.29) is 5.43 Å². The summed E-state index contributed by atoms with van der Waals surface area (Å²) in [4.78, 5) is 17.8. The molecule has 2 aromatic heterocycles. The predicted octanol–water partition coefficient (Wildman–Crippen LogP) is 5.94. The molecular weight excluding hydrogens is 382 g/mol. The van der Waals surface area contributed by atoms with Crippen molar-refractivity contribution in [3.63, 3.8) is 0 Å². The average molecular weight is 406 g/mol. The Bertz CT molecular complexity index is 1350. The molecule has 4 aromatic rings. The molecule has 5 rings (SSSR count). The highest BCUT2D eigenvalue weighted by molar-refractivity contribution is 5.86. The van der Waals surface area contributed by atoms with E-state index in [0.29, 0.717) is 11.3 Å². The molecule has 0 saturated heterocycles. The summed E-state index contributed by atoms with van der Waals surface area (Å²) in [5, 5.41) is 4.10. The smallest absolute Gasteiger partial charge is 0.191 e. The van der Waals surface area contributed by atoms with Gasteiger partial charge in [0.05, 0.1) is 17.4 Å². The Morgan fingerprint density at radius 3 is 2.45 bits per heavy atom. The minimum absolute atomic E-state index is 0.0296. The van der Waals surface area contributed by atoms with E-state index in [4.69, 9.17) is 0 Å². The Kier molecular flexibility index (Phi) is 4.97. The zero-order chi connectivity index (χ0) is 21.2. The molecule has 152 valence electrons. The molecule has 1 unspecified atom stereocenters. The Labute approximate surface area is 181 Å². The maximum atomic E-state index is 13.1. The number of anilines is 1. The van der Waals surface area contributed by atoms with Crippen molar-refractivity contribution in [3.05, 3.63) is 113 Å². The first-order valence-corrected chi connectivity index (χ1v) is 10.5. The molecule has 0 saturated carbocycles. The second-order valence-corrected chi connectivity index (χ2v) is 7.87. The van der Waals surface area contributed by atoms with Gasteiger partial charge in [-0.1, -0.05) is 67.6 Å². The summed E-state index contributed by atoms with van der Waals surface area (Å²) in [5.41, 5.74) is 4.49. The summed E-state index contributed by atoms with van der Waals surface area (Å²) in [6.45, 7) is 2.19. The monoisotopic (exact) mass is 405 g/mol. The number of allylic oxidation sites excluding steroid dienone is 3. The third-order valence-corrected chi connectivity index (χ3v) is 5.57. The van der Waals surface area contributed by atoms with Crippen LogP contribution in [0, 0.1) is 5.92 Å². The highest BCUT2D eigenvalue weighted by Crippen LogP contribution is 2.27. The van der Waals surface area contributed by atoms with Crippen LogP contribution in [0.1, 0.15) is 13.3 Å². The van der Waals surface area contributed by atoms with Crippen LogP contribution in [0.5, 0.6) is 0 Å². The third-order valence-electron chi connectivity index (χ3n) is 5.57. The van der Waals surface area contributed by atoms with Crippen molar-refractivity contribution in [2.24, 2.45) is 5.92 Å². The van der Waals surface area contributed by atoms with E-state index in [0.717, 1.165) is 40.4 Å². The fourth-order valence-electron chi connectivity index (χ4n) is 3.90. The second-order valence-electron chi connectivity index (χ2n) is 7.87. The van der Waals surface area contributed by atoms with Crippen molar-refractivity contribution in [2.45, 2.75) is 13.3 Å². The lowest BCUT2D eigenvalue weighted by Gasteiger charge is -2.20. The molecule has 0 radical (unpaired) electrons. The van der Waals surface area contributed by atoms with E-state index in [2.05, 4.69) is 40.0 Å². The van der Waals surface area contributed by atoms with E-state index < -0.39 is 0 Å². The van der Waals surface area contributed by atoms with Crippen LogP contribution in [0.15, 0.2) is 108 Å². The molecule has 1 aliphatic carbocycles. The molecule has 0 bridgehead atoms. The van der Waals surface area contributed by atoms with Crippen LogP contribution in [0.4, 0.5) is 5.82 Å². The zero-order valence-electron chi connectivity index (χ0n) is 17.3. The quantitative estimate of drug-likeness (QED) is 0.457. The van der Waals surface area contributed by atoms with Gasteiger partial charge in [-0.15, -0.1) is 0 Å². The highest BCUT2D eigenvalue weighted by atomic mass is 16.1. The van der Waals surface area contributed by atoms with Crippen molar-refractivity contribution < 1.29 is 0 Å². The van der Waals surface area contributed by atoms with Crippen molar-refractivity contribution in [2.75, 3.05) is 5.32 Å². The molecule has 0 spiro atoms. The van der Waals surface area contributed by atoms with E-state index in [1.807, 2.05) is 66.7 Å². The van der Waals surface area contributed by atoms with Gasteiger partial charge in [0.15, 0.2) is 5.43 Å². The van der Waals surface area contributed by atoms with Gasteiger partial charge >= 0.3 is 0 Å². The van der Waals surface area contributed by atoms with Gasteiger partial charge in [-0.2, -0.15) is 0 Å². The third kappa shape index (κ3) is 3.80. The minimum Gasteiger partial charge on any atom is -0.342 e. The number of hydrogen-bond acceptors (Lipinski definition) is 3. The fraction of sp³-hybridized carbons (Fsp3) is 0.111. The van der Waals surface area contributed by atoms with Crippen LogP contribution < -0.4 is 10.7 Å². The molecule has 1 aliphatic rings.